The monoisotopic (exact) mass is 428 g/mol. The van der Waals surface area contributed by atoms with E-state index in [2.05, 4.69) is 20.8 Å². The maximum atomic E-state index is 6.43. The topological polar surface area (TPSA) is 55.4 Å². The van der Waals surface area contributed by atoms with Crippen LogP contribution in [0.4, 0.5) is 0 Å². The van der Waals surface area contributed by atoms with Crippen molar-refractivity contribution in [3.8, 4) is 0 Å². The van der Waals surface area contributed by atoms with Gasteiger partial charge in [0.05, 0.1) is 13.2 Å². The van der Waals surface area contributed by atoms with Crippen LogP contribution < -0.4 is 0 Å². The second-order valence-electron chi connectivity index (χ2n) is 8.99. The Bertz CT molecular complexity index is 461. The van der Waals surface area contributed by atoms with E-state index >= 15 is 0 Å². The number of fused-ring (bicyclic) bond motifs is 1. The van der Waals surface area contributed by atoms with Crippen molar-refractivity contribution in [2.45, 2.75) is 141 Å². The molecule has 0 aromatic rings. The molecule has 0 aromatic carbocycles. The van der Waals surface area contributed by atoms with Gasteiger partial charge in [-0.25, -0.2) is 0 Å². The van der Waals surface area contributed by atoms with Crippen LogP contribution in [0.2, 0.25) is 0 Å². The lowest BCUT2D eigenvalue weighted by atomic mass is 10.00. The van der Waals surface area contributed by atoms with Crippen LogP contribution in [0, 0.1) is 0 Å². The molecule has 3 fully saturated rings. The van der Waals surface area contributed by atoms with Crippen LogP contribution >= 0.6 is 0 Å². The molecule has 0 radical (unpaired) electrons. The van der Waals surface area contributed by atoms with Gasteiger partial charge in [-0.05, 0) is 38.5 Å². The average molecular weight is 429 g/mol. The molecule has 3 unspecified atom stereocenters. The van der Waals surface area contributed by atoms with Gasteiger partial charge in [0.15, 0.2) is 18.9 Å². The second-order valence-corrected chi connectivity index (χ2v) is 8.99. The smallest absolute Gasteiger partial charge is 0.158 e. The highest BCUT2D eigenvalue weighted by Gasteiger charge is 2.49. The van der Waals surface area contributed by atoms with E-state index in [0.717, 1.165) is 38.5 Å². The molecule has 3 aliphatic rings. The van der Waals surface area contributed by atoms with Gasteiger partial charge in [-0.1, -0.05) is 59.3 Å². The third-order valence-electron chi connectivity index (χ3n) is 6.35. The van der Waals surface area contributed by atoms with Gasteiger partial charge in [0.1, 0.15) is 24.4 Å². The normalized spacial score (nSPS) is 36.7. The summed E-state index contributed by atoms with van der Waals surface area (Å²) in [6.07, 6.45) is 12.3. The zero-order valence-electron chi connectivity index (χ0n) is 19.4. The standard InChI is InChI=1S/C24H44O6/c1-4-7-10-13-20-25-16-18(27-20)24-23-19(28-22(30-24)15-12-9-6-3)17-26-21(29-23)14-11-8-5-2/h18-24H,4-17H2,1-3H3/t18-,19+,20?,21?,22?,23-,24-/m1/s1. The Morgan fingerprint density at radius 1 is 0.500 bits per heavy atom. The molecule has 7 atom stereocenters. The molecule has 3 saturated heterocycles. The fourth-order valence-electron chi connectivity index (χ4n) is 4.55. The first-order valence-corrected chi connectivity index (χ1v) is 12.6. The summed E-state index contributed by atoms with van der Waals surface area (Å²) in [4.78, 5) is 0. The quantitative estimate of drug-likeness (QED) is 0.370. The summed E-state index contributed by atoms with van der Waals surface area (Å²) in [6.45, 7) is 7.78. The van der Waals surface area contributed by atoms with E-state index < -0.39 is 0 Å². The summed E-state index contributed by atoms with van der Waals surface area (Å²) in [5.41, 5.74) is 0. The summed E-state index contributed by atoms with van der Waals surface area (Å²) in [6, 6.07) is 0. The maximum Gasteiger partial charge on any atom is 0.158 e. The second kappa shape index (κ2) is 13.3. The van der Waals surface area contributed by atoms with Crippen LogP contribution in [0.25, 0.3) is 0 Å². The zero-order chi connectivity index (χ0) is 21.2. The lowest BCUT2D eigenvalue weighted by molar-refractivity contribution is -0.368. The highest BCUT2D eigenvalue weighted by atomic mass is 16.8. The first kappa shape index (κ1) is 24.4. The third-order valence-corrected chi connectivity index (χ3v) is 6.35. The molecule has 176 valence electrons. The van der Waals surface area contributed by atoms with Crippen LogP contribution in [0.3, 0.4) is 0 Å². The van der Waals surface area contributed by atoms with Gasteiger partial charge < -0.3 is 28.4 Å². The third kappa shape index (κ3) is 7.14. The first-order chi connectivity index (χ1) is 14.7. The summed E-state index contributed by atoms with van der Waals surface area (Å²) in [5, 5.41) is 0. The van der Waals surface area contributed by atoms with Crippen molar-refractivity contribution < 1.29 is 28.4 Å². The Balaban J connectivity index is 1.58. The van der Waals surface area contributed by atoms with Crippen molar-refractivity contribution >= 4 is 0 Å². The predicted molar refractivity (Wildman–Crippen MR) is 115 cm³/mol. The van der Waals surface area contributed by atoms with Gasteiger partial charge >= 0.3 is 0 Å². The summed E-state index contributed by atoms with van der Waals surface area (Å²) in [5.74, 6) is 0. The molecule has 3 aliphatic heterocycles. The number of hydrogen-bond donors (Lipinski definition) is 0. The number of ether oxygens (including phenoxy) is 6. The number of rotatable bonds is 13. The molecule has 6 nitrogen and oxygen atoms in total. The zero-order valence-corrected chi connectivity index (χ0v) is 19.4. The number of unbranched alkanes of at least 4 members (excludes halogenated alkanes) is 6. The molecule has 3 rings (SSSR count). The lowest BCUT2D eigenvalue weighted by Gasteiger charge is -2.47. The van der Waals surface area contributed by atoms with Crippen LogP contribution in [-0.4, -0.2) is 56.5 Å². The molecule has 30 heavy (non-hydrogen) atoms. The van der Waals surface area contributed by atoms with E-state index in [1.807, 2.05) is 0 Å². The Kier molecular flexibility index (Phi) is 10.9. The molecular weight excluding hydrogens is 384 g/mol. The minimum atomic E-state index is -0.214. The summed E-state index contributed by atoms with van der Waals surface area (Å²) >= 11 is 0. The van der Waals surface area contributed by atoms with Crippen molar-refractivity contribution in [2.24, 2.45) is 0 Å². The Hall–Kier alpha value is -0.240. The van der Waals surface area contributed by atoms with Gasteiger partial charge in [0.25, 0.3) is 0 Å². The first-order valence-electron chi connectivity index (χ1n) is 12.6. The molecule has 0 bridgehead atoms. The highest BCUT2D eigenvalue weighted by Crippen LogP contribution is 2.35. The highest BCUT2D eigenvalue weighted by molar-refractivity contribution is 4.92. The lowest BCUT2D eigenvalue weighted by Crippen LogP contribution is -2.61. The molecule has 0 aromatic heterocycles. The van der Waals surface area contributed by atoms with Crippen LogP contribution in [0.1, 0.15) is 97.8 Å². The molecule has 6 heteroatoms. The molecule has 0 spiro atoms. The van der Waals surface area contributed by atoms with E-state index in [9.17, 15) is 0 Å². The minimum absolute atomic E-state index is 0.0967. The summed E-state index contributed by atoms with van der Waals surface area (Å²) in [7, 11) is 0. The van der Waals surface area contributed by atoms with Crippen LogP contribution in [-0.2, 0) is 28.4 Å². The largest absolute Gasteiger partial charge is 0.350 e. The summed E-state index contributed by atoms with van der Waals surface area (Å²) < 4.78 is 37.3. The fraction of sp³-hybridized carbons (Fsp3) is 1.00. The molecule has 0 N–H and O–H groups in total. The molecule has 0 amide bonds. The van der Waals surface area contributed by atoms with Gasteiger partial charge in [0.2, 0.25) is 0 Å². The average Bonchev–Trinajstić information content (AvgIpc) is 3.23. The fourth-order valence-corrected chi connectivity index (χ4v) is 4.55. The minimum Gasteiger partial charge on any atom is -0.350 e. The van der Waals surface area contributed by atoms with Crippen molar-refractivity contribution in [1.82, 2.24) is 0 Å². The number of hydrogen-bond acceptors (Lipinski definition) is 6. The maximum absolute atomic E-state index is 6.43. The van der Waals surface area contributed by atoms with E-state index in [0.29, 0.717) is 13.2 Å². The van der Waals surface area contributed by atoms with Crippen molar-refractivity contribution in [1.29, 1.82) is 0 Å². The van der Waals surface area contributed by atoms with Crippen molar-refractivity contribution in [3.63, 3.8) is 0 Å². The van der Waals surface area contributed by atoms with Gasteiger partial charge in [0, 0.05) is 0 Å². The van der Waals surface area contributed by atoms with Gasteiger partial charge in [-0.3, -0.25) is 0 Å². The predicted octanol–water partition coefficient (Wildman–Crippen LogP) is 5.32. The Labute approximate surface area is 183 Å². The van der Waals surface area contributed by atoms with Crippen LogP contribution in [0.15, 0.2) is 0 Å². The van der Waals surface area contributed by atoms with E-state index in [1.54, 1.807) is 0 Å². The van der Waals surface area contributed by atoms with E-state index in [1.165, 1.54) is 38.5 Å². The van der Waals surface area contributed by atoms with Crippen molar-refractivity contribution in [2.75, 3.05) is 13.2 Å². The SMILES string of the molecule is CCCCCC1OC[C@@H]2OC(CCCCC)O[C@H]([C@H]3COC(CCCCC)O3)[C@@H]2O1. The van der Waals surface area contributed by atoms with Gasteiger partial charge in [-0.2, -0.15) is 0 Å². The molecule has 0 aliphatic carbocycles. The van der Waals surface area contributed by atoms with Crippen LogP contribution in [0.5, 0.6) is 0 Å². The van der Waals surface area contributed by atoms with Crippen molar-refractivity contribution in [3.05, 3.63) is 0 Å². The van der Waals surface area contributed by atoms with Gasteiger partial charge in [-0.15, -0.1) is 0 Å². The molecular formula is C24H44O6. The molecule has 3 heterocycles. The Morgan fingerprint density at radius 3 is 1.40 bits per heavy atom. The van der Waals surface area contributed by atoms with E-state index in [4.69, 9.17) is 28.4 Å². The Morgan fingerprint density at radius 2 is 0.900 bits per heavy atom. The molecule has 0 saturated carbocycles. The van der Waals surface area contributed by atoms with E-state index in [-0.39, 0.29) is 43.3 Å².